The molecular weight excluding hydrogens is 284 g/mol. The van der Waals surface area contributed by atoms with E-state index in [1.807, 2.05) is 6.07 Å². The summed E-state index contributed by atoms with van der Waals surface area (Å²) in [6.45, 7) is 5.98. The van der Waals surface area contributed by atoms with Gasteiger partial charge in [0.05, 0.1) is 22.3 Å². The van der Waals surface area contributed by atoms with Crippen molar-refractivity contribution < 1.29 is 8.42 Å². The van der Waals surface area contributed by atoms with Crippen LogP contribution in [-0.4, -0.2) is 38.2 Å². The van der Waals surface area contributed by atoms with Crippen molar-refractivity contribution in [3.63, 3.8) is 0 Å². The lowest BCUT2D eigenvalue weighted by Crippen LogP contribution is -2.42. The molecule has 1 heterocycles. The summed E-state index contributed by atoms with van der Waals surface area (Å²) in [4.78, 5) is 2.57. The highest BCUT2D eigenvalue weighted by Crippen LogP contribution is 2.22. The van der Waals surface area contributed by atoms with E-state index in [0.29, 0.717) is 23.0 Å². The highest BCUT2D eigenvalue weighted by atomic mass is 32.2. The molecule has 0 saturated carbocycles. The van der Waals surface area contributed by atoms with Gasteiger partial charge in [0.2, 0.25) is 0 Å². The Morgan fingerprint density at radius 3 is 2.52 bits per heavy atom. The van der Waals surface area contributed by atoms with E-state index in [1.165, 1.54) is 12.1 Å². The number of sulfone groups is 1. The number of benzene rings is 1. The van der Waals surface area contributed by atoms with E-state index in [1.54, 1.807) is 12.1 Å². The van der Waals surface area contributed by atoms with Gasteiger partial charge in [-0.1, -0.05) is 6.92 Å². The molecule has 2 atom stereocenters. The molecule has 2 rings (SSSR count). The SMILES string of the molecule is C[C@H]1CCN(CCS(=O)(=O)c2ccc(C#N)cc2)[C@H](C)C1. The second kappa shape index (κ2) is 6.59. The fourth-order valence-electron chi connectivity index (χ4n) is 2.88. The number of likely N-dealkylation sites (tertiary alicyclic amines) is 1. The van der Waals surface area contributed by atoms with Crippen LogP contribution in [-0.2, 0) is 9.84 Å². The molecule has 1 aliphatic rings. The lowest BCUT2D eigenvalue weighted by molar-refractivity contribution is 0.137. The standard InChI is InChI=1S/C16H22N2O2S/c1-13-7-8-18(14(2)11-13)9-10-21(19,20)16-5-3-15(12-17)4-6-16/h3-6,13-14H,7-11H2,1-2H3/t13-,14+/m0/s1. The molecule has 4 nitrogen and oxygen atoms in total. The molecule has 0 spiro atoms. The molecule has 0 bridgehead atoms. The summed E-state index contributed by atoms with van der Waals surface area (Å²) in [5, 5.41) is 8.75. The summed E-state index contributed by atoms with van der Waals surface area (Å²) in [5.74, 6) is 0.865. The summed E-state index contributed by atoms with van der Waals surface area (Å²) in [5.41, 5.74) is 0.479. The fraction of sp³-hybridized carbons (Fsp3) is 0.562. The van der Waals surface area contributed by atoms with Crippen molar-refractivity contribution in [1.29, 1.82) is 5.26 Å². The van der Waals surface area contributed by atoms with Crippen LogP contribution in [0.3, 0.4) is 0 Å². The molecule has 1 aromatic carbocycles. The number of rotatable bonds is 4. The third kappa shape index (κ3) is 4.05. The molecular formula is C16H22N2O2S. The molecule has 0 radical (unpaired) electrons. The smallest absolute Gasteiger partial charge is 0.179 e. The van der Waals surface area contributed by atoms with E-state index in [2.05, 4.69) is 18.7 Å². The van der Waals surface area contributed by atoms with E-state index in [9.17, 15) is 8.42 Å². The fourth-order valence-corrected chi connectivity index (χ4v) is 4.14. The van der Waals surface area contributed by atoms with Crippen molar-refractivity contribution in [3.8, 4) is 6.07 Å². The van der Waals surface area contributed by atoms with Gasteiger partial charge in [-0.3, -0.25) is 4.90 Å². The second-order valence-corrected chi connectivity index (χ2v) is 8.08. The van der Waals surface area contributed by atoms with Gasteiger partial charge in [0, 0.05) is 12.6 Å². The molecule has 1 aliphatic heterocycles. The third-order valence-electron chi connectivity index (χ3n) is 4.27. The minimum atomic E-state index is -3.27. The van der Waals surface area contributed by atoms with Gasteiger partial charge in [-0.15, -0.1) is 0 Å². The molecule has 0 amide bonds. The highest BCUT2D eigenvalue weighted by molar-refractivity contribution is 7.91. The minimum absolute atomic E-state index is 0.137. The number of hydrogen-bond acceptors (Lipinski definition) is 4. The average Bonchev–Trinajstić information content (AvgIpc) is 2.46. The molecule has 114 valence electrons. The molecule has 1 saturated heterocycles. The highest BCUT2D eigenvalue weighted by Gasteiger charge is 2.24. The van der Waals surface area contributed by atoms with Crippen LogP contribution in [0.5, 0.6) is 0 Å². The van der Waals surface area contributed by atoms with E-state index in [4.69, 9.17) is 5.26 Å². The zero-order valence-electron chi connectivity index (χ0n) is 12.6. The Labute approximate surface area is 127 Å². The summed E-state index contributed by atoms with van der Waals surface area (Å²) in [6, 6.07) is 8.60. The van der Waals surface area contributed by atoms with Crippen LogP contribution in [0.4, 0.5) is 0 Å². The van der Waals surface area contributed by atoms with Crippen molar-refractivity contribution in [2.75, 3.05) is 18.8 Å². The first kappa shape index (κ1) is 16.0. The zero-order valence-corrected chi connectivity index (χ0v) is 13.4. The monoisotopic (exact) mass is 306 g/mol. The van der Waals surface area contributed by atoms with Gasteiger partial charge in [0.1, 0.15) is 0 Å². The normalized spacial score (nSPS) is 23.7. The Hall–Kier alpha value is -1.38. The van der Waals surface area contributed by atoms with E-state index < -0.39 is 9.84 Å². The summed E-state index contributed by atoms with van der Waals surface area (Å²) in [7, 11) is -3.27. The topological polar surface area (TPSA) is 61.2 Å². The largest absolute Gasteiger partial charge is 0.300 e. The van der Waals surface area contributed by atoms with Gasteiger partial charge in [0.15, 0.2) is 9.84 Å². The lowest BCUT2D eigenvalue weighted by Gasteiger charge is -2.36. The van der Waals surface area contributed by atoms with Crippen LogP contribution < -0.4 is 0 Å². The van der Waals surface area contributed by atoms with Crippen molar-refractivity contribution in [3.05, 3.63) is 29.8 Å². The van der Waals surface area contributed by atoms with Crippen LogP contribution in [0.2, 0.25) is 0 Å². The van der Waals surface area contributed by atoms with Crippen molar-refractivity contribution >= 4 is 9.84 Å². The maximum atomic E-state index is 12.3. The number of nitrogens with zero attached hydrogens (tertiary/aromatic N) is 2. The Morgan fingerprint density at radius 1 is 1.29 bits per heavy atom. The molecule has 0 aliphatic carbocycles. The predicted octanol–water partition coefficient (Wildman–Crippen LogP) is 2.45. The molecule has 1 aromatic rings. The molecule has 1 fully saturated rings. The maximum Gasteiger partial charge on any atom is 0.179 e. The molecule has 0 N–H and O–H groups in total. The second-order valence-electron chi connectivity index (χ2n) is 5.97. The predicted molar refractivity (Wildman–Crippen MR) is 82.6 cm³/mol. The summed E-state index contributed by atoms with van der Waals surface area (Å²) >= 11 is 0. The van der Waals surface area contributed by atoms with E-state index >= 15 is 0 Å². The van der Waals surface area contributed by atoms with Crippen LogP contribution in [0.25, 0.3) is 0 Å². The summed E-state index contributed by atoms with van der Waals surface area (Å²) < 4.78 is 24.7. The minimum Gasteiger partial charge on any atom is -0.300 e. The summed E-state index contributed by atoms with van der Waals surface area (Å²) in [6.07, 6.45) is 2.28. The average molecular weight is 306 g/mol. The first-order valence-corrected chi connectivity index (χ1v) is 9.04. The zero-order chi connectivity index (χ0) is 15.5. The maximum absolute atomic E-state index is 12.3. The number of nitriles is 1. The van der Waals surface area contributed by atoms with Crippen molar-refractivity contribution in [1.82, 2.24) is 4.90 Å². The molecule has 0 aromatic heterocycles. The molecule has 0 unspecified atom stereocenters. The van der Waals surface area contributed by atoms with E-state index in [-0.39, 0.29) is 5.75 Å². The molecule has 21 heavy (non-hydrogen) atoms. The van der Waals surface area contributed by atoms with Gasteiger partial charge in [-0.2, -0.15) is 5.26 Å². The first-order valence-electron chi connectivity index (χ1n) is 7.39. The number of piperidine rings is 1. The Bertz CT molecular complexity index is 617. The van der Waals surface area contributed by atoms with Gasteiger partial charge in [-0.25, -0.2) is 8.42 Å². The van der Waals surface area contributed by atoms with Crippen molar-refractivity contribution in [2.45, 2.75) is 37.6 Å². The van der Waals surface area contributed by atoms with Crippen LogP contribution >= 0.6 is 0 Å². The van der Waals surface area contributed by atoms with Crippen LogP contribution in [0, 0.1) is 17.2 Å². The van der Waals surface area contributed by atoms with Crippen LogP contribution in [0.1, 0.15) is 32.3 Å². The van der Waals surface area contributed by atoms with Crippen LogP contribution in [0.15, 0.2) is 29.2 Å². The lowest BCUT2D eigenvalue weighted by atomic mass is 9.93. The molecule has 5 heteroatoms. The Balaban J connectivity index is 1.99. The van der Waals surface area contributed by atoms with Gasteiger partial charge in [0.25, 0.3) is 0 Å². The Morgan fingerprint density at radius 2 is 1.95 bits per heavy atom. The third-order valence-corrected chi connectivity index (χ3v) is 5.98. The van der Waals surface area contributed by atoms with Gasteiger partial charge < -0.3 is 0 Å². The van der Waals surface area contributed by atoms with Gasteiger partial charge >= 0.3 is 0 Å². The number of hydrogen-bond donors (Lipinski definition) is 0. The first-order chi connectivity index (χ1) is 9.92. The van der Waals surface area contributed by atoms with Crippen molar-refractivity contribution in [2.24, 2.45) is 5.92 Å². The Kier molecular flexibility index (Phi) is 5.02. The van der Waals surface area contributed by atoms with E-state index in [0.717, 1.165) is 25.3 Å². The van der Waals surface area contributed by atoms with Gasteiger partial charge in [-0.05, 0) is 56.5 Å². The quantitative estimate of drug-likeness (QED) is 0.857.